The van der Waals surface area contributed by atoms with Gasteiger partial charge in [0, 0.05) is 6.54 Å². The van der Waals surface area contributed by atoms with Crippen LogP contribution >= 0.6 is 15.9 Å². The van der Waals surface area contributed by atoms with Gasteiger partial charge < -0.3 is 5.32 Å². The number of nitrogens with zero attached hydrogens (tertiary/aromatic N) is 2. The summed E-state index contributed by atoms with van der Waals surface area (Å²) in [6.07, 6.45) is -1.95. The van der Waals surface area contributed by atoms with E-state index in [1.807, 2.05) is 6.92 Å². The largest absolute Gasteiger partial charge is 0.376 e. The van der Waals surface area contributed by atoms with Crippen LogP contribution in [0.2, 0.25) is 0 Å². The zero-order chi connectivity index (χ0) is 14.6. The zero-order valence-corrected chi connectivity index (χ0v) is 11.6. The topological polar surface area (TPSA) is 46.9 Å². The van der Waals surface area contributed by atoms with Crippen molar-refractivity contribution in [3.63, 3.8) is 0 Å². The lowest BCUT2D eigenvalue weighted by atomic mass is 10.3. The third kappa shape index (κ3) is 3.92. The fraction of sp³-hybridized carbons (Fsp3) is 0.600. The van der Waals surface area contributed by atoms with Crippen molar-refractivity contribution in [2.75, 3.05) is 11.9 Å². The van der Waals surface area contributed by atoms with E-state index in [9.17, 15) is 22.4 Å². The lowest BCUT2D eigenvalue weighted by Gasteiger charge is -2.17. The maximum Gasteiger partial charge on any atom is 0.324 e. The molecule has 0 fully saturated rings. The van der Waals surface area contributed by atoms with Crippen molar-refractivity contribution in [3.05, 3.63) is 21.0 Å². The van der Waals surface area contributed by atoms with Crippen LogP contribution < -0.4 is 10.9 Å². The van der Waals surface area contributed by atoms with Gasteiger partial charge in [-0.3, -0.25) is 4.79 Å². The van der Waals surface area contributed by atoms with E-state index >= 15 is 0 Å². The van der Waals surface area contributed by atoms with Gasteiger partial charge in [-0.25, -0.2) is 13.5 Å². The van der Waals surface area contributed by atoms with Crippen LogP contribution in [0.5, 0.6) is 0 Å². The van der Waals surface area contributed by atoms with Gasteiger partial charge in [0.05, 0.1) is 18.4 Å². The van der Waals surface area contributed by atoms with Crippen molar-refractivity contribution >= 4 is 21.6 Å². The van der Waals surface area contributed by atoms with Gasteiger partial charge in [-0.05, 0) is 22.4 Å². The average molecular weight is 346 g/mol. The maximum absolute atomic E-state index is 12.7. The lowest BCUT2D eigenvalue weighted by molar-refractivity contribution is -0.117. The molecule has 0 amide bonds. The Hall–Kier alpha value is -1.12. The standard InChI is InChI=1S/C10H12BrF4N3O/c1-2-3-18-8(19)7(11)6(4-17-18)16-5-10(14,15)9(12)13/h4,9,16H,2-3,5H2,1H3. The monoisotopic (exact) mass is 345 g/mol. The van der Waals surface area contributed by atoms with Gasteiger partial charge in [-0.1, -0.05) is 6.92 Å². The predicted molar refractivity (Wildman–Crippen MR) is 65.9 cm³/mol. The molecule has 0 spiro atoms. The molecule has 108 valence electrons. The number of aromatic nitrogens is 2. The molecule has 0 atom stereocenters. The summed E-state index contributed by atoms with van der Waals surface area (Å²) in [5, 5.41) is 5.85. The Morgan fingerprint density at radius 3 is 2.68 bits per heavy atom. The highest BCUT2D eigenvalue weighted by Crippen LogP contribution is 2.24. The summed E-state index contributed by atoms with van der Waals surface area (Å²) in [6, 6.07) is 0. The van der Waals surface area contributed by atoms with Crippen molar-refractivity contribution in [2.45, 2.75) is 32.2 Å². The number of hydrogen-bond acceptors (Lipinski definition) is 3. The van der Waals surface area contributed by atoms with Crippen LogP contribution in [-0.4, -0.2) is 28.7 Å². The van der Waals surface area contributed by atoms with E-state index in [1.54, 1.807) is 0 Å². The fourth-order valence-corrected chi connectivity index (χ4v) is 1.70. The molecule has 1 aromatic heterocycles. The fourth-order valence-electron chi connectivity index (χ4n) is 1.25. The summed E-state index contributed by atoms with van der Waals surface area (Å²) in [7, 11) is 0. The van der Waals surface area contributed by atoms with Crippen molar-refractivity contribution in [1.82, 2.24) is 9.78 Å². The molecule has 0 saturated carbocycles. The van der Waals surface area contributed by atoms with Crippen LogP contribution in [0.4, 0.5) is 23.2 Å². The van der Waals surface area contributed by atoms with E-state index in [1.165, 1.54) is 0 Å². The van der Waals surface area contributed by atoms with Crippen molar-refractivity contribution in [1.29, 1.82) is 0 Å². The molecule has 4 nitrogen and oxygen atoms in total. The van der Waals surface area contributed by atoms with E-state index in [2.05, 4.69) is 26.3 Å². The summed E-state index contributed by atoms with van der Waals surface area (Å²) in [6.45, 7) is 0.949. The number of rotatable bonds is 6. The summed E-state index contributed by atoms with van der Waals surface area (Å²) in [4.78, 5) is 11.7. The molecule has 0 saturated heterocycles. The summed E-state index contributed by atoms with van der Waals surface area (Å²) < 4.78 is 50.6. The minimum atomic E-state index is -4.17. The minimum Gasteiger partial charge on any atom is -0.376 e. The quantitative estimate of drug-likeness (QED) is 0.806. The normalized spacial score (nSPS) is 11.9. The first kappa shape index (κ1) is 15.9. The smallest absolute Gasteiger partial charge is 0.324 e. The molecule has 0 aliphatic rings. The molecule has 0 aromatic carbocycles. The molecule has 0 bridgehead atoms. The lowest BCUT2D eigenvalue weighted by Crippen LogP contribution is -2.35. The number of hydrogen-bond donors (Lipinski definition) is 1. The average Bonchev–Trinajstić information content (AvgIpc) is 2.34. The highest BCUT2D eigenvalue weighted by molar-refractivity contribution is 9.10. The van der Waals surface area contributed by atoms with E-state index in [-0.39, 0.29) is 10.2 Å². The van der Waals surface area contributed by atoms with Gasteiger partial charge in [0.15, 0.2) is 0 Å². The third-order valence-electron chi connectivity index (χ3n) is 2.25. The Kier molecular flexibility index (Phi) is 5.33. The van der Waals surface area contributed by atoms with Gasteiger partial charge in [0.25, 0.3) is 5.56 Å². The number of halogens is 5. The maximum atomic E-state index is 12.7. The highest BCUT2D eigenvalue weighted by atomic mass is 79.9. The van der Waals surface area contributed by atoms with E-state index in [4.69, 9.17) is 0 Å². The molecule has 0 radical (unpaired) electrons. The molecule has 0 unspecified atom stereocenters. The third-order valence-corrected chi connectivity index (χ3v) is 3.02. The van der Waals surface area contributed by atoms with Crippen molar-refractivity contribution < 1.29 is 17.6 Å². The molecule has 1 N–H and O–H groups in total. The summed E-state index contributed by atoms with van der Waals surface area (Å²) in [5.74, 6) is -4.17. The molecule has 1 aromatic rings. The SMILES string of the molecule is CCCn1ncc(NCC(F)(F)C(F)F)c(Br)c1=O. The Labute approximate surface area is 114 Å². The Morgan fingerprint density at radius 1 is 1.53 bits per heavy atom. The second-order valence-electron chi connectivity index (χ2n) is 3.82. The number of nitrogens with one attached hydrogen (secondary N) is 1. The molecule has 9 heteroatoms. The molecule has 1 rings (SSSR count). The van der Waals surface area contributed by atoms with Crippen LogP contribution in [0.3, 0.4) is 0 Å². The Balaban J connectivity index is 2.87. The van der Waals surface area contributed by atoms with E-state index in [0.29, 0.717) is 13.0 Å². The number of aryl methyl sites for hydroxylation is 1. The molecule has 0 aliphatic heterocycles. The van der Waals surface area contributed by atoms with E-state index < -0.39 is 24.5 Å². The Morgan fingerprint density at radius 2 is 2.16 bits per heavy atom. The number of anilines is 1. The van der Waals surface area contributed by atoms with Crippen LogP contribution in [0.1, 0.15) is 13.3 Å². The van der Waals surface area contributed by atoms with Gasteiger partial charge in [-0.2, -0.15) is 13.9 Å². The van der Waals surface area contributed by atoms with Crippen molar-refractivity contribution in [3.8, 4) is 0 Å². The molecule has 1 heterocycles. The minimum absolute atomic E-state index is 0.0129. The molecular weight excluding hydrogens is 334 g/mol. The second kappa shape index (κ2) is 6.36. The van der Waals surface area contributed by atoms with Gasteiger partial charge in [-0.15, -0.1) is 0 Å². The first-order valence-electron chi connectivity index (χ1n) is 5.45. The molecular formula is C10H12BrF4N3O. The van der Waals surface area contributed by atoms with Crippen LogP contribution in [0.25, 0.3) is 0 Å². The summed E-state index contributed by atoms with van der Waals surface area (Å²) >= 11 is 2.94. The zero-order valence-electron chi connectivity index (χ0n) is 9.97. The predicted octanol–water partition coefficient (Wildman–Crippen LogP) is 2.73. The van der Waals surface area contributed by atoms with Crippen LogP contribution in [-0.2, 0) is 6.54 Å². The molecule has 19 heavy (non-hydrogen) atoms. The van der Waals surface area contributed by atoms with Crippen LogP contribution in [0.15, 0.2) is 15.5 Å². The summed E-state index contributed by atoms with van der Waals surface area (Å²) in [5.41, 5.74) is -0.551. The highest BCUT2D eigenvalue weighted by Gasteiger charge is 2.40. The van der Waals surface area contributed by atoms with Gasteiger partial charge in [0.2, 0.25) is 0 Å². The van der Waals surface area contributed by atoms with Crippen molar-refractivity contribution in [2.24, 2.45) is 0 Å². The molecule has 0 aliphatic carbocycles. The first-order chi connectivity index (χ1) is 8.79. The van der Waals surface area contributed by atoms with Gasteiger partial charge >= 0.3 is 12.3 Å². The van der Waals surface area contributed by atoms with E-state index in [0.717, 1.165) is 10.9 Å². The second-order valence-corrected chi connectivity index (χ2v) is 4.61. The number of alkyl halides is 4. The van der Waals surface area contributed by atoms with Crippen LogP contribution in [0, 0.1) is 0 Å². The Bertz CT molecular complexity index is 492. The first-order valence-corrected chi connectivity index (χ1v) is 6.24. The van der Waals surface area contributed by atoms with Gasteiger partial charge in [0.1, 0.15) is 4.47 Å².